The number of benzene rings is 2. The van der Waals surface area contributed by atoms with Crippen molar-refractivity contribution in [3.63, 3.8) is 0 Å². The number of rotatable bonds is 6. The molecule has 0 unspecified atom stereocenters. The number of halogens is 2. The van der Waals surface area contributed by atoms with Gasteiger partial charge in [0.1, 0.15) is 11.6 Å². The van der Waals surface area contributed by atoms with Crippen LogP contribution in [0.3, 0.4) is 0 Å². The van der Waals surface area contributed by atoms with E-state index in [1.807, 2.05) is 17.0 Å². The predicted octanol–water partition coefficient (Wildman–Crippen LogP) is 4.03. The number of nitrogens with zero attached hydrogens (tertiary/aromatic N) is 2. The Morgan fingerprint density at radius 1 is 0.939 bits per heavy atom. The fourth-order valence-corrected chi connectivity index (χ4v) is 4.47. The summed E-state index contributed by atoms with van der Waals surface area (Å²) in [6.45, 7) is 3.71. The maximum absolute atomic E-state index is 13.2. The topological polar surface area (TPSA) is 59.1 Å². The molecule has 2 aromatic rings. The maximum atomic E-state index is 13.2. The molecule has 0 aromatic heterocycles. The Bertz CT molecular complexity index is 953. The van der Waals surface area contributed by atoms with Crippen LogP contribution in [-0.4, -0.2) is 67.6 Å². The Balaban J connectivity index is 1.44. The van der Waals surface area contributed by atoms with Crippen LogP contribution in [0.15, 0.2) is 48.5 Å². The smallest absolute Gasteiger partial charge is 0.253 e. The molecule has 2 saturated heterocycles. The first-order chi connectivity index (χ1) is 15.9. The van der Waals surface area contributed by atoms with Gasteiger partial charge in [-0.3, -0.25) is 9.59 Å². The molecule has 0 N–H and O–H groups in total. The quantitative estimate of drug-likeness (QED) is 0.634. The summed E-state index contributed by atoms with van der Waals surface area (Å²) in [6, 6.07) is 12.8. The first-order valence-corrected chi connectivity index (χ1v) is 11.6. The summed E-state index contributed by atoms with van der Waals surface area (Å²) in [5.74, 6) is 0.297. The third-order valence-electron chi connectivity index (χ3n) is 6.45. The summed E-state index contributed by atoms with van der Waals surface area (Å²) in [7, 11) is 0. The van der Waals surface area contributed by atoms with E-state index in [0.29, 0.717) is 81.6 Å². The Morgan fingerprint density at radius 3 is 2.21 bits per heavy atom. The van der Waals surface area contributed by atoms with E-state index in [2.05, 4.69) is 0 Å². The number of piperidine rings is 1. The van der Waals surface area contributed by atoms with E-state index < -0.39 is 0 Å². The average molecular weight is 475 g/mol. The van der Waals surface area contributed by atoms with E-state index in [-0.39, 0.29) is 23.0 Å². The van der Waals surface area contributed by atoms with Crippen LogP contribution in [0.2, 0.25) is 5.02 Å². The number of hydrogen-bond donors (Lipinski definition) is 0. The molecule has 4 rings (SSSR count). The number of likely N-dealkylation sites (tertiary alicyclic amines) is 1. The van der Waals surface area contributed by atoms with Crippen molar-refractivity contribution in [2.24, 2.45) is 5.41 Å². The van der Waals surface area contributed by atoms with Crippen molar-refractivity contribution in [2.45, 2.75) is 19.3 Å². The molecule has 0 bridgehead atoms. The molecule has 6 nitrogen and oxygen atoms in total. The molecule has 2 aliphatic rings. The number of carbonyl (C=O) groups is 2. The molecule has 0 atom stereocenters. The third-order valence-corrected chi connectivity index (χ3v) is 6.70. The summed E-state index contributed by atoms with van der Waals surface area (Å²) in [5, 5.41) is 0.632. The van der Waals surface area contributed by atoms with Gasteiger partial charge in [0.2, 0.25) is 5.91 Å². The number of amides is 2. The molecule has 0 aliphatic carbocycles. The van der Waals surface area contributed by atoms with Crippen LogP contribution in [0.1, 0.15) is 29.6 Å². The lowest BCUT2D eigenvalue weighted by atomic mass is 9.75. The number of ether oxygens (including phenoxy) is 2. The normalized spacial score (nSPS) is 18.1. The van der Waals surface area contributed by atoms with Gasteiger partial charge in [-0.2, -0.15) is 0 Å². The number of morpholine rings is 1. The summed E-state index contributed by atoms with van der Waals surface area (Å²) < 4.78 is 24.7. The van der Waals surface area contributed by atoms with Crippen LogP contribution >= 0.6 is 11.6 Å². The highest BCUT2D eigenvalue weighted by Crippen LogP contribution is 2.37. The molecular weight excluding hydrogens is 447 g/mol. The van der Waals surface area contributed by atoms with Gasteiger partial charge in [0.05, 0.1) is 19.8 Å². The Morgan fingerprint density at radius 2 is 1.58 bits per heavy atom. The summed E-state index contributed by atoms with van der Waals surface area (Å²) >= 11 is 5.97. The largest absolute Gasteiger partial charge is 0.493 e. The van der Waals surface area contributed by atoms with Gasteiger partial charge >= 0.3 is 0 Å². The van der Waals surface area contributed by atoms with Gasteiger partial charge in [-0.15, -0.1) is 0 Å². The van der Waals surface area contributed by atoms with Gasteiger partial charge in [0.15, 0.2) is 0 Å². The van der Waals surface area contributed by atoms with E-state index in [9.17, 15) is 14.0 Å². The van der Waals surface area contributed by atoms with E-state index in [1.165, 1.54) is 24.3 Å². The fraction of sp³-hybridized carbons (Fsp3) is 0.440. The van der Waals surface area contributed by atoms with E-state index in [0.717, 1.165) is 0 Å². The van der Waals surface area contributed by atoms with Gasteiger partial charge in [-0.05, 0) is 61.4 Å². The fourth-order valence-electron chi connectivity index (χ4n) is 4.34. The van der Waals surface area contributed by atoms with Gasteiger partial charge in [0.25, 0.3) is 5.91 Å². The van der Waals surface area contributed by atoms with Crippen molar-refractivity contribution in [1.82, 2.24) is 9.80 Å². The second kappa shape index (κ2) is 10.5. The molecule has 33 heavy (non-hydrogen) atoms. The van der Waals surface area contributed by atoms with Crippen molar-refractivity contribution in [3.05, 3.63) is 64.9 Å². The van der Waals surface area contributed by atoms with Gasteiger partial charge in [-0.25, -0.2) is 4.39 Å². The number of carbonyl (C=O) groups excluding carboxylic acids is 2. The summed E-state index contributed by atoms with van der Waals surface area (Å²) in [4.78, 5) is 29.6. The van der Waals surface area contributed by atoms with Crippen LogP contribution in [-0.2, 0) is 9.53 Å². The zero-order chi connectivity index (χ0) is 23.3. The minimum atomic E-state index is -0.380. The SMILES string of the molecule is O=C(CC1(COc2ccc(Cl)cc2)CCN(C(=O)c2ccc(F)cc2)CC1)N1CCOCC1. The molecule has 2 aliphatic heterocycles. The molecule has 2 fully saturated rings. The molecule has 0 spiro atoms. The zero-order valence-corrected chi connectivity index (χ0v) is 19.2. The summed E-state index contributed by atoms with van der Waals surface area (Å²) in [6.07, 6.45) is 1.65. The van der Waals surface area contributed by atoms with Gasteiger partial charge in [0, 0.05) is 48.6 Å². The first kappa shape index (κ1) is 23.5. The second-order valence-electron chi connectivity index (χ2n) is 8.71. The van der Waals surface area contributed by atoms with Crippen LogP contribution in [0.25, 0.3) is 0 Å². The van der Waals surface area contributed by atoms with Crippen molar-refractivity contribution in [3.8, 4) is 5.75 Å². The maximum Gasteiger partial charge on any atom is 0.253 e. The third kappa shape index (κ3) is 6.03. The molecule has 2 heterocycles. The highest BCUT2D eigenvalue weighted by atomic mass is 35.5. The van der Waals surface area contributed by atoms with Crippen LogP contribution in [0, 0.1) is 11.2 Å². The van der Waals surface area contributed by atoms with Crippen LogP contribution in [0.4, 0.5) is 4.39 Å². The lowest BCUT2D eigenvalue weighted by Crippen LogP contribution is -2.49. The Hall–Kier alpha value is -2.64. The highest BCUT2D eigenvalue weighted by molar-refractivity contribution is 6.30. The molecule has 2 aromatic carbocycles. The van der Waals surface area contributed by atoms with E-state index in [1.54, 1.807) is 17.0 Å². The molecular formula is C25H28ClFN2O4. The minimum Gasteiger partial charge on any atom is -0.493 e. The zero-order valence-electron chi connectivity index (χ0n) is 18.5. The average Bonchev–Trinajstić information content (AvgIpc) is 2.85. The van der Waals surface area contributed by atoms with Crippen molar-refractivity contribution in [2.75, 3.05) is 46.0 Å². The van der Waals surface area contributed by atoms with Crippen LogP contribution in [0.5, 0.6) is 5.75 Å². The molecule has 2 amide bonds. The van der Waals surface area contributed by atoms with Gasteiger partial charge in [-0.1, -0.05) is 11.6 Å². The Kier molecular flexibility index (Phi) is 7.50. The monoisotopic (exact) mass is 474 g/mol. The molecule has 0 saturated carbocycles. The van der Waals surface area contributed by atoms with Crippen molar-refractivity contribution in [1.29, 1.82) is 0 Å². The minimum absolute atomic E-state index is 0.0938. The number of hydrogen-bond acceptors (Lipinski definition) is 4. The predicted molar refractivity (Wildman–Crippen MR) is 123 cm³/mol. The summed E-state index contributed by atoms with van der Waals surface area (Å²) in [5.41, 5.74) is 0.0833. The molecule has 8 heteroatoms. The lowest BCUT2D eigenvalue weighted by Gasteiger charge is -2.42. The van der Waals surface area contributed by atoms with Crippen molar-refractivity contribution < 1.29 is 23.5 Å². The lowest BCUT2D eigenvalue weighted by molar-refractivity contribution is -0.139. The standard InChI is InChI=1S/C25H28ClFN2O4/c26-20-3-7-22(8-4-20)33-18-25(17-23(30)28-13-15-32-16-14-28)9-11-29(12-10-25)24(31)19-1-5-21(27)6-2-19/h1-8H,9-18H2. The van der Waals surface area contributed by atoms with Crippen molar-refractivity contribution >= 4 is 23.4 Å². The van der Waals surface area contributed by atoms with Gasteiger partial charge < -0.3 is 19.3 Å². The highest BCUT2D eigenvalue weighted by Gasteiger charge is 2.40. The molecule has 176 valence electrons. The second-order valence-corrected chi connectivity index (χ2v) is 9.15. The van der Waals surface area contributed by atoms with E-state index in [4.69, 9.17) is 21.1 Å². The van der Waals surface area contributed by atoms with Crippen LogP contribution < -0.4 is 4.74 Å². The molecule has 0 radical (unpaired) electrons. The Labute approximate surface area is 198 Å². The first-order valence-electron chi connectivity index (χ1n) is 11.2. The van der Waals surface area contributed by atoms with E-state index >= 15 is 0 Å².